The van der Waals surface area contributed by atoms with Gasteiger partial charge in [-0.3, -0.25) is 9.78 Å². The first-order chi connectivity index (χ1) is 12.5. The lowest BCUT2D eigenvalue weighted by Crippen LogP contribution is -2.46. The second-order valence-corrected chi connectivity index (χ2v) is 7.02. The molecule has 0 aromatic carbocycles. The third-order valence-corrected chi connectivity index (χ3v) is 4.75. The van der Waals surface area contributed by atoms with Crippen molar-refractivity contribution in [1.82, 2.24) is 19.9 Å². The van der Waals surface area contributed by atoms with E-state index in [9.17, 15) is 9.90 Å². The van der Waals surface area contributed by atoms with Crippen LogP contribution in [-0.4, -0.2) is 63.1 Å². The van der Waals surface area contributed by atoms with Gasteiger partial charge in [0.1, 0.15) is 17.7 Å². The van der Waals surface area contributed by atoms with Crippen LogP contribution in [0.2, 0.25) is 0 Å². The normalized spacial score (nSPS) is 19.6. The number of β-amino-alcohol motifs (C(OH)–C–C–N with tert-alkyl or cyclic N) is 1. The molecule has 2 aromatic heterocycles. The van der Waals surface area contributed by atoms with Gasteiger partial charge in [0.15, 0.2) is 0 Å². The van der Waals surface area contributed by atoms with E-state index in [1.54, 1.807) is 24.3 Å². The number of carbonyl (C=O) groups excluding carboxylic acids is 1. The van der Waals surface area contributed by atoms with Crippen molar-refractivity contribution in [2.24, 2.45) is 0 Å². The van der Waals surface area contributed by atoms with Crippen molar-refractivity contribution >= 4 is 11.7 Å². The van der Waals surface area contributed by atoms with Gasteiger partial charge in [-0.2, -0.15) is 0 Å². The smallest absolute Gasteiger partial charge is 0.222 e. The van der Waals surface area contributed by atoms with Gasteiger partial charge in [-0.05, 0) is 31.4 Å². The Balaban J connectivity index is 1.53. The fourth-order valence-electron chi connectivity index (χ4n) is 3.31. The molecule has 7 nitrogen and oxygen atoms in total. The molecule has 3 heterocycles. The molecule has 1 atom stereocenters. The van der Waals surface area contributed by atoms with Crippen molar-refractivity contribution < 1.29 is 9.90 Å². The molecule has 0 bridgehead atoms. The lowest BCUT2D eigenvalue weighted by atomic mass is 10.0. The molecular formula is C19H25N5O2. The molecule has 7 heteroatoms. The molecule has 26 heavy (non-hydrogen) atoms. The second kappa shape index (κ2) is 7.78. The monoisotopic (exact) mass is 355 g/mol. The highest BCUT2D eigenvalue weighted by atomic mass is 16.3. The van der Waals surface area contributed by atoms with Crippen molar-refractivity contribution in [3.8, 4) is 0 Å². The van der Waals surface area contributed by atoms with Crippen LogP contribution in [0.4, 0.5) is 5.82 Å². The summed E-state index contributed by atoms with van der Waals surface area (Å²) in [6.45, 7) is 3.41. The number of aromatic nitrogens is 3. The van der Waals surface area contributed by atoms with E-state index in [1.807, 2.05) is 30.0 Å². The van der Waals surface area contributed by atoms with Crippen LogP contribution in [0, 0.1) is 6.92 Å². The average Bonchev–Trinajstić information content (AvgIpc) is 3.02. The van der Waals surface area contributed by atoms with Crippen LogP contribution >= 0.6 is 0 Å². The minimum absolute atomic E-state index is 0.0265. The van der Waals surface area contributed by atoms with Gasteiger partial charge in [-0.25, -0.2) is 9.97 Å². The average molecular weight is 355 g/mol. The number of aliphatic hydroxyl groups is 1. The van der Waals surface area contributed by atoms with Crippen LogP contribution in [0.5, 0.6) is 0 Å². The van der Waals surface area contributed by atoms with Crippen LogP contribution in [0.15, 0.2) is 36.9 Å². The minimum Gasteiger partial charge on any atom is -0.386 e. The first-order valence-electron chi connectivity index (χ1n) is 8.84. The van der Waals surface area contributed by atoms with Gasteiger partial charge in [-0.1, -0.05) is 6.07 Å². The molecule has 1 saturated heterocycles. The molecule has 1 fully saturated rings. The van der Waals surface area contributed by atoms with Crippen molar-refractivity contribution in [1.29, 1.82) is 0 Å². The number of hydrogen-bond acceptors (Lipinski definition) is 6. The minimum atomic E-state index is -0.919. The highest BCUT2D eigenvalue weighted by molar-refractivity contribution is 5.76. The van der Waals surface area contributed by atoms with Gasteiger partial charge in [0, 0.05) is 50.7 Å². The van der Waals surface area contributed by atoms with E-state index in [2.05, 4.69) is 15.0 Å². The number of hydrogen-bond donors (Lipinski definition) is 1. The zero-order valence-electron chi connectivity index (χ0n) is 15.3. The number of carbonyl (C=O) groups is 1. The summed E-state index contributed by atoms with van der Waals surface area (Å²) < 4.78 is 0. The molecule has 2 aromatic rings. The topological polar surface area (TPSA) is 82.5 Å². The number of likely N-dealkylation sites (N-methyl/N-ethyl adjacent to an activating group) is 1. The largest absolute Gasteiger partial charge is 0.386 e. The summed E-state index contributed by atoms with van der Waals surface area (Å²) in [7, 11) is 1.75. The van der Waals surface area contributed by atoms with E-state index < -0.39 is 5.60 Å². The Kier molecular flexibility index (Phi) is 5.46. The Hall–Kier alpha value is -2.54. The summed E-state index contributed by atoms with van der Waals surface area (Å²) in [6, 6.07) is 5.75. The third-order valence-electron chi connectivity index (χ3n) is 4.75. The lowest BCUT2D eigenvalue weighted by Gasteiger charge is -2.29. The van der Waals surface area contributed by atoms with Crippen molar-refractivity contribution in [3.05, 3.63) is 48.2 Å². The van der Waals surface area contributed by atoms with E-state index in [4.69, 9.17) is 0 Å². The van der Waals surface area contributed by atoms with Crippen LogP contribution < -0.4 is 4.90 Å². The SMILES string of the molecule is Cc1cc(N2CCC(O)(CN(C)C(=O)CCc3cccnc3)C2)ncn1. The second-order valence-electron chi connectivity index (χ2n) is 7.02. The van der Waals surface area contributed by atoms with Crippen molar-refractivity contribution in [2.75, 3.05) is 31.6 Å². The van der Waals surface area contributed by atoms with Gasteiger partial charge < -0.3 is 14.9 Å². The molecule has 138 valence electrons. The predicted molar refractivity (Wildman–Crippen MR) is 98.7 cm³/mol. The number of pyridine rings is 1. The summed E-state index contributed by atoms with van der Waals surface area (Å²) >= 11 is 0. The highest BCUT2D eigenvalue weighted by Crippen LogP contribution is 2.26. The quantitative estimate of drug-likeness (QED) is 0.839. The maximum atomic E-state index is 12.4. The lowest BCUT2D eigenvalue weighted by molar-refractivity contribution is -0.132. The molecule has 1 aliphatic rings. The fourth-order valence-corrected chi connectivity index (χ4v) is 3.31. The molecule has 1 aliphatic heterocycles. The van der Waals surface area contributed by atoms with E-state index in [-0.39, 0.29) is 5.91 Å². The zero-order chi connectivity index (χ0) is 18.6. The molecule has 0 aliphatic carbocycles. The first-order valence-corrected chi connectivity index (χ1v) is 8.84. The molecular weight excluding hydrogens is 330 g/mol. The number of amides is 1. The molecule has 1 amide bonds. The highest BCUT2D eigenvalue weighted by Gasteiger charge is 2.38. The number of nitrogens with zero attached hydrogens (tertiary/aromatic N) is 5. The number of anilines is 1. The summed E-state index contributed by atoms with van der Waals surface area (Å²) in [5.41, 5.74) is 1.02. The first kappa shape index (κ1) is 18.3. The van der Waals surface area contributed by atoms with Gasteiger partial charge in [0.2, 0.25) is 5.91 Å². The Morgan fingerprint density at radius 2 is 2.27 bits per heavy atom. The van der Waals surface area contributed by atoms with E-state index in [0.717, 1.165) is 17.1 Å². The van der Waals surface area contributed by atoms with Gasteiger partial charge in [0.05, 0.1) is 6.54 Å². The molecule has 1 N–H and O–H groups in total. The molecule has 1 unspecified atom stereocenters. The maximum Gasteiger partial charge on any atom is 0.222 e. The van der Waals surface area contributed by atoms with Crippen molar-refractivity contribution in [3.63, 3.8) is 0 Å². The van der Waals surface area contributed by atoms with E-state index in [0.29, 0.717) is 38.9 Å². The zero-order valence-corrected chi connectivity index (χ0v) is 15.3. The molecule has 3 rings (SSSR count). The number of rotatable bonds is 6. The standard InChI is InChI=1S/C19H25N5O2/c1-15-10-17(22-14-21-15)24-9-7-19(26,13-24)12-23(2)18(25)6-5-16-4-3-8-20-11-16/h3-4,8,10-11,14,26H,5-7,9,12-13H2,1-2H3. The van der Waals surface area contributed by atoms with E-state index in [1.165, 1.54) is 6.33 Å². The van der Waals surface area contributed by atoms with E-state index >= 15 is 0 Å². The predicted octanol–water partition coefficient (Wildman–Crippen LogP) is 1.21. The summed E-state index contributed by atoms with van der Waals surface area (Å²) in [5.74, 6) is 0.845. The van der Waals surface area contributed by atoms with Gasteiger partial charge in [-0.15, -0.1) is 0 Å². The Bertz CT molecular complexity index is 755. The molecule has 0 radical (unpaired) electrons. The summed E-state index contributed by atoms with van der Waals surface area (Å²) in [6.07, 6.45) is 6.71. The van der Waals surface area contributed by atoms with Gasteiger partial charge in [0.25, 0.3) is 0 Å². The summed E-state index contributed by atoms with van der Waals surface area (Å²) in [4.78, 5) is 28.5. The van der Waals surface area contributed by atoms with Crippen LogP contribution in [0.25, 0.3) is 0 Å². The van der Waals surface area contributed by atoms with Crippen molar-refractivity contribution in [2.45, 2.75) is 31.8 Å². The van der Waals surface area contributed by atoms with Crippen LogP contribution in [0.1, 0.15) is 24.1 Å². The Labute approximate surface area is 153 Å². The Morgan fingerprint density at radius 3 is 3.00 bits per heavy atom. The molecule has 0 saturated carbocycles. The van der Waals surface area contributed by atoms with Crippen LogP contribution in [-0.2, 0) is 11.2 Å². The van der Waals surface area contributed by atoms with Gasteiger partial charge >= 0.3 is 0 Å². The third kappa shape index (κ3) is 4.54. The number of aryl methyl sites for hydroxylation is 2. The maximum absolute atomic E-state index is 12.4. The Morgan fingerprint density at radius 1 is 1.42 bits per heavy atom. The van der Waals surface area contributed by atoms with Crippen LogP contribution in [0.3, 0.4) is 0 Å². The molecule has 0 spiro atoms. The summed E-state index contributed by atoms with van der Waals surface area (Å²) in [5, 5.41) is 10.9. The fraction of sp³-hybridized carbons (Fsp3) is 0.474.